The van der Waals surface area contributed by atoms with Crippen molar-refractivity contribution in [3.8, 4) is 18.1 Å². The number of terminal acetylenes is 1. The Bertz CT molecular complexity index is 596. The lowest BCUT2D eigenvalue weighted by atomic mass is 9.85. The summed E-state index contributed by atoms with van der Waals surface area (Å²) in [5.74, 6) is -1.14. The van der Waals surface area contributed by atoms with E-state index >= 15 is 0 Å². The molecule has 2 rings (SSSR count). The highest BCUT2D eigenvalue weighted by molar-refractivity contribution is 5.94. The van der Waals surface area contributed by atoms with Crippen LogP contribution in [0.25, 0.3) is 0 Å². The van der Waals surface area contributed by atoms with E-state index in [0.717, 1.165) is 31.4 Å². The Labute approximate surface area is 133 Å². The molecule has 23 heavy (non-hydrogen) atoms. The summed E-state index contributed by atoms with van der Waals surface area (Å²) in [7, 11) is 0. The Morgan fingerprint density at radius 2 is 1.91 bits per heavy atom. The molecule has 0 heterocycles. The fraction of sp³-hybridized carbons (Fsp3) is 0.471. The van der Waals surface area contributed by atoms with E-state index in [1.165, 1.54) is 0 Å². The van der Waals surface area contributed by atoms with Gasteiger partial charge in [-0.2, -0.15) is 0 Å². The second-order valence-corrected chi connectivity index (χ2v) is 5.73. The molecule has 0 atom stereocenters. The number of carbonyl (C=O) groups excluding carboxylic acids is 1. The summed E-state index contributed by atoms with van der Waals surface area (Å²) in [5, 5.41) is 12.8. The van der Waals surface area contributed by atoms with Gasteiger partial charge in [-0.25, -0.2) is 8.78 Å². The smallest absolute Gasteiger partial charge is 0.251 e. The van der Waals surface area contributed by atoms with Crippen LogP contribution in [0.2, 0.25) is 0 Å². The number of amides is 1. The predicted octanol–water partition coefficient (Wildman–Crippen LogP) is 2.40. The summed E-state index contributed by atoms with van der Waals surface area (Å²) in [6.45, 7) is -0.211. The van der Waals surface area contributed by atoms with Gasteiger partial charge in [0.1, 0.15) is 6.61 Å². The molecule has 4 nitrogen and oxygen atoms in total. The quantitative estimate of drug-likeness (QED) is 0.818. The lowest BCUT2D eigenvalue weighted by Crippen LogP contribution is -2.44. The number of halogens is 2. The highest BCUT2D eigenvalue weighted by Gasteiger charge is 2.29. The van der Waals surface area contributed by atoms with Crippen LogP contribution >= 0.6 is 0 Å². The lowest BCUT2D eigenvalue weighted by Gasteiger charge is -2.32. The van der Waals surface area contributed by atoms with Crippen molar-refractivity contribution in [3.63, 3.8) is 0 Å². The van der Waals surface area contributed by atoms with Gasteiger partial charge in [-0.05, 0) is 25.0 Å². The van der Waals surface area contributed by atoms with Gasteiger partial charge in [0.2, 0.25) is 0 Å². The summed E-state index contributed by atoms with van der Waals surface area (Å²) in [6, 6.07) is 1.77. The molecule has 2 N–H and O–H groups in total. The summed E-state index contributed by atoms with van der Waals surface area (Å²) in [6.07, 6.45) is 9.04. The predicted molar refractivity (Wildman–Crippen MR) is 81.1 cm³/mol. The van der Waals surface area contributed by atoms with E-state index in [-0.39, 0.29) is 18.7 Å². The summed E-state index contributed by atoms with van der Waals surface area (Å²) in [4.78, 5) is 12.0. The van der Waals surface area contributed by atoms with Crippen molar-refractivity contribution in [1.29, 1.82) is 0 Å². The van der Waals surface area contributed by atoms with Gasteiger partial charge in [0, 0.05) is 12.1 Å². The monoisotopic (exact) mass is 323 g/mol. The van der Waals surface area contributed by atoms with Crippen LogP contribution in [-0.4, -0.2) is 29.8 Å². The van der Waals surface area contributed by atoms with E-state index in [0.29, 0.717) is 12.8 Å². The molecule has 0 bridgehead atoms. The summed E-state index contributed by atoms with van der Waals surface area (Å²) < 4.78 is 32.4. The number of nitrogens with one attached hydrogen (secondary N) is 1. The number of ether oxygens (including phenoxy) is 1. The molecular weight excluding hydrogens is 304 g/mol. The van der Waals surface area contributed by atoms with E-state index in [1.54, 1.807) is 0 Å². The van der Waals surface area contributed by atoms with Gasteiger partial charge in [0.25, 0.3) is 5.91 Å². The third-order valence-electron chi connectivity index (χ3n) is 3.92. The number of hydrogen-bond donors (Lipinski definition) is 2. The van der Waals surface area contributed by atoms with Crippen LogP contribution in [0.5, 0.6) is 5.75 Å². The van der Waals surface area contributed by atoms with E-state index in [1.807, 2.05) is 0 Å². The highest BCUT2D eigenvalue weighted by atomic mass is 19.1. The normalized spacial score (nSPS) is 16.4. The molecule has 0 aromatic heterocycles. The number of aliphatic hydroxyl groups is 1. The van der Waals surface area contributed by atoms with E-state index in [4.69, 9.17) is 11.2 Å². The maximum atomic E-state index is 13.8. The molecule has 0 unspecified atom stereocenters. The Balaban J connectivity index is 2.03. The molecule has 1 amide bonds. The topological polar surface area (TPSA) is 58.6 Å². The maximum absolute atomic E-state index is 13.8. The third-order valence-corrected chi connectivity index (χ3v) is 3.92. The summed E-state index contributed by atoms with van der Waals surface area (Å²) >= 11 is 0. The average molecular weight is 323 g/mol. The Hall–Kier alpha value is -2.13. The molecule has 1 aliphatic carbocycles. The molecule has 1 aliphatic rings. The SMILES string of the molecule is C#CCOc1c(F)cc(C(=O)NCC2(O)CCCCC2)cc1F. The van der Waals surface area contributed by atoms with Crippen molar-refractivity contribution in [3.05, 3.63) is 29.3 Å². The molecule has 0 spiro atoms. The van der Waals surface area contributed by atoms with Crippen LogP contribution < -0.4 is 10.1 Å². The van der Waals surface area contributed by atoms with Crippen molar-refractivity contribution < 1.29 is 23.4 Å². The zero-order valence-corrected chi connectivity index (χ0v) is 12.7. The first-order chi connectivity index (χ1) is 10.9. The average Bonchev–Trinajstić information content (AvgIpc) is 2.52. The number of benzene rings is 1. The number of rotatable bonds is 5. The van der Waals surface area contributed by atoms with Crippen LogP contribution in [-0.2, 0) is 0 Å². The van der Waals surface area contributed by atoms with Crippen LogP contribution in [0.4, 0.5) is 8.78 Å². The molecule has 0 saturated heterocycles. The standard InChI is InChI=1S/C17H19F2NO3/c1-2-8-23-15-13(18)9-12(10-14(15)19)16(21)20-11-17(22)6-4-3-5-7-17/h1,9-10,22H,3-8,11H2,(H,20,21). The van der Waals surface area contributed by atoms with Gasteiger partial charge < -0.3 is 15.2 Å². The first-order valence-corrected chi connectivity index (χ1v) is 7.51. The van der Waals surface area contributed by atoms with E-state index < -0.39 is 28.9 Å². The Morgan fingerprint density at radius 3 is 2.48 bits per heavy atom. The zero-order valence-electron chi connectivity index (χ0n) is 12.7. The fourth-order valence-corrected chi connectivity index (χ4v) is 2.68. The van der Waals surface area contributed by atoms with Gasteiger partial charge in [-0.3, -0.25) is 4.79 Å². The van der Waals surface area contributed by atoms with E-state index in [2.05, 4.69) is 11.2 Å². The van der Waals surface area contributed by atoms with Crippen LogP contribution in [0.1, 0.15) is 42.5 Å². The minimum atomic E-state index is -0.998. The van der Waals surface area contributed by atoms with Crippen LogP contribution in [0, 0.1) is 24.0 Å². The molecule has 124 valence electrons. The van der Waals surface area contributed by atoms with Gasteiger partial charge in [-0.15, -0.1) is 6.42 Å². The first kappa shape index (κ1) is 17.2. The molecule has 1 fully saturated rings. The second kappa shape index (κ2) is 7.42. The molecule has 6 heteroatoms. The molecule has 0 radical (unpaired) electrons. The van der Waals surface area contributed by atoms with Crippen molar-refractivity contribution >= 4 is 5.91 Å². The van der Waals surface area contributed by atoms with Crippen molar-refractivity contribution in [1.82, 2.24) is 5.32 Å². The summed E-state index contributed by atoms with van der Waals surface area (Å²) in [5.41, 5.74) is -1.12. The molecule has 1 saturated carbocycles. The highest BCUT2D eigenvalue weighted by Crippen LogP contribution is 2.27. The van der Waals surface area contributed by atoms with Gasteiger partial charge in [-0.1, -0.05) is 25.2 Å². The van der Waals surface area contributed by atoms with Crippen LogP contribution in [0.3, 0.4) is 0 Å². The van der Waals surface area contributed by atoms with Crippen LogP contribution in [0.15, 0.2) is 12.1 Å². The minimum absolute atomic E-state index is 0.0599. The zero-order chi connectivity index (χ0) is 16.9. The lowest BCUT2D eigenvalue weighted by molar-refractivity contribution is 0.00525. The number of hydrogen-bond acceptors (Lipinski definition) is 3. The van der Waals surface area contributed by atoms with Gasteiger partial charge >= 0.3 is 0 Å². The molecule has 1 aromatic rings. The van der Waals surface area contributed by atoms with Crippen molar-refractivity contribution in [2.45, 2.75) is 37.7 Å². The second-order valence-electron chi connectivity index (χ2n) is 5.73. The Kier molecular flexibility index (Phi) is 5.56. The molecule has 1 aromatic carbocycles. The minimum Gasteiger partial charge on any atom is -0.475 e. The van der Waals surface area contributed by atoms with Gasteiger partial charge in [0.15, 0.2) is 17.4 Å². The molecule has 0 aliphatic heterocycles. The van der Waals surface area contributed by atoms with Crippen molar-refractivity contribution in [2.75, 3.05) is 13.2 Å². The Morgan fingerprint density at radius 1 is 1.30 bits per heavy atom. The van der Waals surface area contributed by atoms with Crippen molar-refractivity contribution in [2.24, 2.45) is 0 Å². The number of carbonyl (C=O) groups is 1. The fourth-order valence-electron chi connectivity index (χ4n) is 2.68. The third kappa shape index (κ3) is 4.42. The maximum Gasteiger partial charge on any atom is 0.251 e. The largest absolute Gasteiger partial charge is 0.475 e. The first-order valence-electron chi connectivity index (χ1n) is 7.51. The molecular formula is C17H19F2NO3. The van der Waals surface area contributed by atoms with E-state index in [9.17, 15) is 18.7 Å². The van der Waals surface area contributed by atoms with Gasteiger partial charge in [0.05, 0.1) is 5.60 Å².